The molecule has 0 amide bonds. The van der Waals surface area contributed by atoms with E-state index in [0.717, 1.165) is 25.7 Å². The maximum Gasteiger partial charge on any atom is 0.167 e. The van der Waals surface area contributed by atoms with Gasteiger partial charge in [-0.3, -0.25) is 4.79 Å². The molecule has 0 saturated carbocycles. The van der Waals surface area contributed by atoms with Crippen LogP contribution in [0, 0.1) is 23.1 Å². The number of rotatable bonds is 2. The Morgan fingerprint density at radius 1 is 1.33 bits per heavy atom. The van der Waals surface area contributed by atoms with E-state index in [1.54, 1.807) is 6.07 Å². The molecule has 4 heteroatoms. The van der Waals surface area contributed by atoms with Crippen molar-refractivity contribution in [3.05, 3.63) is 35.1 Å². The number of nitriles is 1. The van der Waals surface area contributed by atoms with Crippen LogP contribution in [0.15, 0.2) is 18.2 Å². The average Bonchev–Trinajstić information content (AvgIpc) is 2.46. The van der Waals surface area contributed by atoms with Crippen LogP contribution in [0.25, 0.3) is 0 Å². The number of ketones is 1. The minimum absolute atomic E-state index is 0.0592. The number of halogens is 1. The van der Waals surface area contributed by atoms with Gasteiger partial charge in [-0.1, -0.05) is 12.5 Å². The van der Waals surface area contributed by atoms with E-state index >= 15 is 0 Å². The Hall–Kier alpha value is -1.73. The van der Waals surface area contributed by atoms with Gasteiger partial charge in [-0.05, 0) is 44.9 Å². The summed E-state index contributed by atoms with van der Waals surface area (Å²) in [5, 5.41) is 9.10. The Morgan fingerprint density at radius 2 is 2.00 bits per heavy atom. The summed E-state index contributed by atoms with van der Waals surface area (Å²) >= 11 is 0. The Morgan fingerprint density at radius 3 is 2.62 bits per heavy atom. The van der Waals surface area contributed by atoms with Gasteiger partial charge in [0.25, 0.3) is 0 Å². The highest BCUT2D eigenvalue weighted by Crippen LogP contribution is 2.37. The predicted octanol–water partition coefficient (Wildman–Crippen LogP) is 3.14. The molecule has 0 spiro atoms. The molecule has 2 fully saturated rings. The van der Waals surface area contributed by atoms with E-state index in [0.29, 0.717) is 12.1 Å². The van der Waals surface area contributed by atoms with Crippen molar-refractivity contribution in [3.63, 3.8) is 0 Å². The van der Waals surface area contributed by atoms with Gasteiger partial charge in [-0.15, -0.1) is 0 Å². The van der Waals surface area contributed by atoms with Crippen LogP contribution in [0.1, 0.15) is 48.0 Å². The lowest BCUT2D eigenvalue weighted by atomic mass is 9.75. The van der Waals surface area contributed by atoms with E-state index in [9.17, 15) is 9.18 Å². The maximum absolute atomic E-state index is 13.7. The molecule has 3 rings (SSSR count). The van der Waals surface area contributed by atoms with Crippen molar-refractivity contribution in [1.82, 2.24) is 4.90 Å². The molecular weight excluding hydrogens is 267 g/mol. The standard InChI is InChI=1S/C17H19FN2O/c1-20-12-4-2-5-13(20)9-11(8-12)17(21)14-6-3-7-16(18)15(14)10-19/h3,6-7,11-13H,2,4-5,8-9H2,1H3. The molecule has 2 bridgehead atoms. The van der Waals surface area contributed by atoms with Gasteiger partial charge in [-0.2, -0.15) is 5.26 Å². The van der Waals surface area contributed by atoms with Gasteiger partial charge in [0.1, 0.15) is 11.9 Å². The monoisotopic (exact) mass is 286 g/mol. The van der Waals surface area contributed by atoms with Crippen LogP contribution < -0.4 is 0 Å². The van der Waals surface area contributed by atoms with Gasteiger partial charge in [-0.25, -0.2) is 4.39 Å². The molecular formula is C17H19FN2O. The lowest BCUT2D eigenvalue weighted by molar-refractivity contribution is 0.0338. The summed E-state index contributed by atoms with van der Waals surface area (Å²) in [6.45, 7) is 0. The number of fused-ring (bicyclic) bond motifs is 2. The molecule has 0 aromatic heterocycles. The van der Waals surface area contributed by atoms with Gasteiger partial charge in [0.15, 0.2) is 5.78 Å². The molecule has 2 heterocycles. The number of Topliss-reactive ketones (excluding diaryl/α,β-unsaturated/α-hetero) is 1. The maximum atomic E-state index is 13.7. The largest absolute Gasteiger partial charge is 0.300 e. The molecule has 21 heavy (non-hydrogen) atoms. The number of hydrogen-bond donors (Lipinski definition) is 0. The summed E-state index contributed by atoms with van der Waals surface area (Å²) in [6, 6.07) is 7.07. The zero-order valence-electron chi connectivity index (χ0n) is 12.2. The normalized spacial score (nSPS) is 28.9. The Balaban J connectivity index is 1.87. The van der Waals surface area contributed by atoms with Crippen molar-refractivity contribution < 1.29 is 9.18 Å². The van der Waals surface area contributed by atoms with Crippen LogP contribution in [0.5, 0.6) is 0 Å². The van der Waals surface area contributed by atoms with Crippen LogP contribution >= 0.6 is 0 Å². The van der Waals surface area contributed by atoms with E-state index in [1.807, 2.05) is 6.07 Å². The van der Waals surface area contributed by atoms with Gasteiger partial charge >= 0.3 is 0 Å². The minimum atomic E-state index is -0.600. The number of carbonyl (C=O) groups is 1. The third kappa shape index (κ3) is 2.47. The summed E-state index contributed by atoms with van der Waals surface area (Å²) in [4.78, 5) is 15.1. The molecule has 2 aliphatic heterocycles. The molecule has 0 radical (unpaired) electrons. The van der Waals surface area contributed by atoms with Crippen molar-refractivity contribution in [2.24, 2.45) is 5.92 Å². The summed E-state index contributed by atoms with van der Waals surface area (Å²) in [5.41, 5.74) is 0.150. The number of nitrogens with zero attached hydrogens (tertiary/aromatic N) is 2. The van der Waals surface area contributed by atoms with E-state index in [1.165, 1.54) is 18.6 Å². The highest BCUT2D eigenvalue weighted by Gasteiger charge is 2.39. The van der Waals surface area contributed by atoms with Crippen LogP contribution in [0.2, 0.25) is 0 Å². The van der Waals surface area contributed by atoms with E-state index in [4.69, 9.17) is 5.26 Å². The molecule has 110 valence electrons. The molecule has 2 unspecified atom stereocenters. The number of benzene rings is 1. The Kier molecular flexibility index (Phi) is 3.77. The number of hydrogen-bond acceptors (Lipinski definition) is 3. The first kappa shape index (κ1) is 14.2. The minimum Gasteiger partial charge on any atom is -0.300 e. The molecule has 1 aromatic carbocycles. The smallest absolute Gasteiger partial charge is 0.167 e. The van der Waals surface area contributed by atoms with E-state index in [-0.39, 0.29) is 22.8 Å². The van der Waals surface area contributed by atoms with E-state index in [2.05, 4.69) is 11.9 Å². The van der Waals surface area contributed by atoms with Crippen LogP contribution in [-0.2, 0) is 0 Å². The molecule has 3 nitrogen and oxygen atoms in total. The van der Waals surface area contributed by atoms with Crippen molar-refractivity contribution in [1.29, 1.82) is 5.26 Å². The second-order valence-corrected chi connectivity index (χ2v) is 6.21. The zero-order valence-corrected chi connectivity index (χ0v) is 12.2. The first-order valence-electron chi connectivity index (χ1n) is 7.56. The van der Waals surface area contributed by atoms with Gasteiger partial charge in [0.05, 0.1) is 5.56 Å². The summed E-state index contributed by atoms with van der Waals surface area (Å²) in [6.07, 6.45) is 5.14. The highest BCUT2D eigenvalue weighted by molar-refractivity contribution is 6.00. The SMILES string of the molecule is CN1C2CCCC1CC(C(=O)c1cccc(F)c1C#N)C2. The van der Waals surface area contributed by atoms with Gasteiger partial charge < -0.3 is 4.90 Å². The molecule has 2 atom stereocenters. The second-order valence-electron chi connectivity index (χ2n) is 6.21. The topological polar surface area (TPSA) is 44.1 Å². The van der Waals surface area contributed by atoms with Crippen LogP contribution in [-0.4, -0.2) is 29.8 Å². The fourth-order valence-electron chi connectivity index (χ4n) is 3.89. The van der Waals surface area contributed by atoms with Crippen molar-refractivity contribution in [2.45, 2.75) is 44.2 Å². The quantitative estimate of drug-likeness (QED) is 0.784. The van der Waals surface area contributed by atoms with Crippen LogP contribution in [0.4, 0.5) is 4.39 Å². The summed E-state index contributed by atoms with van der Waals surface area (Å²) < 4.78 is 13.7. The van der Waals surface area contributed by atoms with Crippen molar-refractivity contribution in [2.75, 3.05) is 7.05 Å². The third-order valence-electron chi connectivity index (χ3n) is 5.10. The number of piperidine rings is 2. The fourth-order valence-corrected chi connectivity index (χ4v) is 3.89. The van der Waals surface area contributed by atoms with Gasteiger partial charge in [0, 0.05) is 23.6 Å². The van der Waals surface area contributed by atoms with Crippen molar-refractivity contribution >= 4 is 5.78 Å². The highest BCUT2D eigenvalue weighted by atomic mass is 19.1. The van der Waals surface area contributed by atoms with E-state index < -0.39 is 5.82 Å². The zero-order chi connectivity index (χ0) is 15.0. The lowest BCUT2D eigenvalue weighted by Crippen LogP contribution is -2.51. The molecule has 0 N–H and O–H groups in total. The summed E-state index contributed by atoms with van der Waals surface area (Å²) in [7, 11) is 2.14. The molecule has 0 aliphatic carbocycles. The summed E-state index contributed by atoms with van der Waals surface area (Å²) in [5.74, 6) is -0.738. The molecule has 2 saturated heterocycles. The van der Waals surface area contributed by atoms with Crippen molar-refractivity contribution in [3.8, 4) is 6.07 Å². The third-order valence-corrected chi connectivity index (χ3v) is 5.10. The second kappa shape index (κ2) is 5.57. The molecule has 2 aliphatic rings. The lowest BCUT2D eigenvalue weighted by Gasteiger charge is -2.46. The Bertz CT molecular complexity index is 593. The Labute approximate surface area is 124 Å². The average molecular weight is 286 g/mol. The fraction of sp³-hybridized carbons (Fsp3) is 0.529. The first-order valence-corrected chi connectivity index (χ1v) is 7.56. The predicted molar refractivity (Wildman–Crippen MR) is 77.4 cm³/mol. The number of carbonyl (C=O) groups excluding carboxylic acids is 1. The van der Waals surface area contributed by atoms with Crippen LogP contribution in [0.3, 0.4) is 0 Å². The first-order chi connectivity index (χ1) is 10.1. The molecule has 1 aromatic rings. The van der Waals surface area contributed by atoms with Gasteiger partial charge in [0.2, 0.25) is 0 Å².